The molecule has 1 heterocycles. The number of halogens is 2. The van der Waals surface area contributed by atoms with E-state index in [4.69, 9.17) is 0 Å². The number of nitrogens with zero attached hydrogens (tertiary/aromatic N) is 1. The highest BCUT2D eigenvalue weighted by Gasteiger charge is 2.40. The lowest BCUT2D eigenvalue weighted by molar-refractivity contribution is -0.123. The van der Waals surface area contributed by atoms with Crippen LogP contribution in [0, 0.1) is 5.82 Å². The molecule has 1 atom stereocenters. The van der Waals surface area contributed by atoms with Gasteiger partial charge < -0.3 is 5.32 Å². The van der Waals surface area contributed by atoms with Gasteiger partial charge in [0.05, 0.1) is 0 Å². The molecule has 110 valence electrons. The fraction of sp³-hybridized carbons (Fsp3) is 0.417. The van der Waals surface area contributed by atoms with Gasteiger partial charge in [0.15, 0.2) is 0 Å². The van der Waals surface area contributed by atoms with Crippen molar-refractivity contribution in [3.8, 4) is 0 Å². The third kappa shape index (κ3) is 2.72. The van der Waals surface area contributed by atoms with Crippen molar-refractivity contribution in [2.75, 3.05) is 13.6 Å². The Kier molecular flexibility index (Phi) is 4.46. The molecule has 0 bridgehead atoms. The number of nitrogens with one attached hydrogen (secondary N) is 1. The second kappa shape index (κ2) is 5.79. The summed E-state index contributed by atoms with van der Waals surface area (Å²) in [5, 5.41) is 2.44. The lowest BCUT2D eigenvalue weighted by Gasteiger charge is -2.23. The number of likely N-dealkylation sites (N-methyl/N-ethyl adjacent to an activating group) is 1. The Morgan fingerprint density at radius 1 is 1.50 bits per heavy atom. The van der Waals surface area contributed by atoms with Crippen LogP contribution in [-0.4, -0.2) is 38.3 Å². The second-order valence-corrected chi connectivity index (χ2v) is 7.24. The van der Waals surface area contributed by atoms with E-state index in [2.05, 4.69) is 21.2 Å². The van der Waals surface area contributed by atoms with Gasteiger partial charge in [0, 0.05) is 18.1 Å². The first-order valence-corrected chi connectivity index (χ1v) is 8.29. The van der Waals surface area contributed by atoms with Crippen molar-refractivity contribution in [3.63, 3.8) is 0 Å². The first-order chi connectivity index (χ1) is 9.37. The topological polar surface area (TPSA) is 66.5 Å². The molecule has 2 rings (SSSR count). The van der Waals surface area contributed by atoms with Crippen LogP contribution >= 0.6 is 15.9 Å². The summed E-state index contributed by atoms with van der Waals surface area (Å²) in [5.41, 5.74) is 0. The third-order valence-electron chi connectivity index (χ3n) is 3.23. The van der Waals surface area contributed by atoms with Crippen molar-refractivity contribution in [1.82, 2.24) is 9.62 Å². The monoisotopic (exact) mass is 364 g/mol. The average molecular weight is 365 g/mol. The molecule has 1 amide bonds. The number of amides is 1. The lowest BCUT2D eigenvalue weighted by atomic mass is 10.2. The SMILES string of the molecule is CNC(=O)[C@H]1CCCN1S(=O)(=O)c1cc(Br)ccc1F. The predicted molar refractivity (Wildman–Crippen MR) is 75.1 cm³/mol. The summed E-state index contributed by atoms with van der Waals surface area (Å²) in [7, 11) is -2.58. The molecule has 1 aromatic rings. The summed E-state index contributed by atoms with van der Waals surface area (Å²) >= 11 is 3.13. The van der Waals surface area contributed by atoms with Crippen LogP contribution in [0.2, 0.25) is 0 Å². The summed E-state index contributed by atoms with van der Waals surface area (Å²) < 4.78 is 40.4. The summed E-state index contributed by atoms with van der Waals surface area (Å²) in [4.78, 5) is 11.3. The maximum absolute atomic E-state index is 13.8. The molecule has 1 aliphatic rings. The Balaban J connectivity index is 2.44. The Morgan fingerprint density at radius 3 is 2.85 bits per heavy atom. The fourth-order valence-corrected chi connectivity index (χ4v) is 4.52. The van der Waals surface area contributed by atoms with E-state index in [9.17, 15) is 17.6 Å². The van der Waals surface area contributed by atoms with Crippen LogP contribution in [0.4, 0.5) is 4.39 Å². The van der Waals surface area contributed by atoms with Gasteiger partial charge in [-0.2, -0.15) is 4.31 Å². The Hall–Kier alpha value is -0.990. The highest BCUT2D eigenvalue weighted by molar-refractivity contribution is 9.10. The first-order valence-electron chi connectivity index (χ1n) is 6.06. The smallest absolute Gasteiger partial charge is 0.246 e. The van der Waals surface area contributed by atoms with Crippen LogP contribution in [0.5, 0.6) is 0 Å². The molecule has 8 heteroatoms. The van der Waals surface area contributed by atoms with Gasteiger partial charge in [-0.3, -0.25) is 4.79 Å². The number of benzene rings is 1. The van der Waals surface area contributed by atoms with Gasteiger partial charge in [0.2, 0.25) is 15.9 Å². The third-order valence-corrected chi connectivity index (χ3v) is 5.65. The molecule has 1 aromatic carbocycles. The second-order valence-electron chi connectivity index (χ2n) is 4.46. The van der Waals surface area contributed by atoms with Crippen molar-refractivity contribution in [2.24, 2.45) is 0 Å². The normalized spacial score (nSPS) is 20.1. The minimum Gasteiger partial charge on any atom is -0.358 e. The number of hydrogen-bond acceptors (Lipinski definition) is 3. The summed E-state index contributed by atoms with van der Waals surface area (Å²) in [6.45, 7) is 0.215. The summed E-state index contributed by atoms with van der Waals surface area (Å²) in [6, 6.07) is 2.95. The van der Waals surface area contributed by atoms with Gasteiger partial charge in [-0.15, -0.1) is 0 Å². The van der Waals surface area contributed by atoms with Gasteiger partial charge in [-0.1, -0.05) is 15.9 Å². The van der Waals surface area contributed by atoms with Crippen LogP contribution in [-0.2, 0) is 14.8 Å². The van der Waals surface area contributed by atoms with Gasteiger partial charge in [-0.25, -0.2) is 12.8 Å². The van der Waals surface area contributed by atoms with E-state index in [1.165, 1.54) is 19.2 Å². The Labute approximate surface area is 125 Å². The number of hydrogen-bond donors (Lipinski definition) is 1. The molecule has 1 fully saturated rings. The molecule has 0 aromatic heterocycles. The zero-order valence-corrected chi connectivity index (χ0v) is 13.2. The summed E-state index contributed by atoms with van der Waals surface area (Å²) in [6.07, 6.45) is 1.02. The molecule has 1 saturated heterocycles. The van der Waals surface area contributed by atoms with Crippen molar-refractivity contribution >= 4 is 31.9 Å². The van der Waals surface area contributed by atoms with Crippen molar-refractivity contribution in [2.45, 2.75) is 23.8 Å². The number of rotatable bonds is 3. The van der Waals surface area contributed by atoms with E-state index < -0.39 is 26.8 Å². The highest BCUT2D eigenvalue weighted by atomic mass is 79.9. The van der Waals surface area contributed by atoms with Crippen LogP contribution in [0.25, 0.3) is 0 Å². The standard InChI is InChI=1S/C12H14BrFN2O3S/c1-15-12(17)10-3-2-6-16(10)20(18,19)11-7-8(13)4-5-9(11)14/h4-5,7,10H,2-3,6H2,1H3,(H,15,17)/t10-/m1/s1. The van der Waals surface area contributed by atoms with Gasteiger partial charge in [-0.05, 0) is 31.0 Å². The lowest BCUT2D eigenvalue weighted by Crippen LogP contribution is -2.45. The number of sulfonamides is 1. The Morgan fingerprint density at radius 2 is 2.20 bits per heavy atom. The largest absolute Gasteiger partial charge is 0.358 e. The molecule has 1 aliphatic heterocycles. The molecular weight excluding hydrogens is 351 g/mol. The van der Waals surface area contributed by atoms with E-state index in [0.717, 1.165) is 10.4 Å². The maximum Gasteiger partial charge on any atom is 0.246 e. The maximum atomic E-state index is 13.8. The quantitative estimate of drug-likeness (QED) is 0.883. The van der Waals surface area contributed by atoms with E-state index in [0.29, 0.717) is 17.3 Å². The molecule has 0 radical (unpaired) electrons. The van der Waals surface area contributed by atoms with Crippen LogP contribution in [0.15, 0.2) is 27.6 Å². The first kappa shape index (κ1) is 15.4. The Bertz CT molecular complexity index is 636. The molecule has 0 spiro atoms. The molecule has 0 unspecified atom stereocenters. The number of carbonyl (C=O) groups is 1. The molecule has 0 saturated carbocycles. The van der Waals surface area contributed by atoms with Gasteiger partial charge in [0.25, 0.3) is 0 Å². The summed E-state index contributed by atoms with van der Waals surface area (Å²) in [5.74, 6) is -1.20. The minimum atomic E-state index is -4.03. The molecule has 5 nitrogen and oxygen atoms in total. The zero-order valence-electron chi connectivity index (χ0n) is 10.8. The number of carbonyl (C=O) groups excluding carboxylic acids is 1. The molecule has 1 N–H and O–H groups in total. The zero-order chi connectivity index (χ0) is 14.9. The van der Waals surface area contributed by atoms with Crippen LogP contribution in [0.3, 0.4) is 0 Å². The minimum absolute atomic E-state index is 0.215. The molecule has 20 heavy (non-hydrogen) atoms. The van der Waals surface area contributed by atoms with E-state index in [-0.39, 0.29) is 12.5 Å². The van der Waals surface area contributed by atoms with Crippen molar-refractivity contribution in [3.05, 3.63) is 28.5 Å². The van der Waals surface area contributed by atoms with Crippen molar-refractivity contribution < 1.29 is 17.6 Å². The van der Waals surface area contributed by atoms with E-state index in [1.54, 1.807) is 0 Å². The molecular formula is C12H14BrFN2O3S. The van der Waals surface area contributed by atoms with Gasteiger partial charge >= 0.3 is 0 Å². The van der Waals surface area contributed by atoms with Crippen LogP contribution in [0.1, 0.15) is 12.8 Å². The predicted octanol–water partition coefficient (Wildman–Crippen LogP) is 1.49. The highest BCUT2D eigenvalue weighted by Crippen LogP contribution is 2.29. The fourth-order valence-electron chi connectivity index (χ4n) is 2.26. The van der Waals surface area contributed by atoms with E-state index >= 15 is 0 Å². The average Bonchev–Trinajstić information content (AvgIpc) is 2.90. The van der Waals surface area contributed by atoms with Crippen molar-refractivity contribution in [1.29, 1.82) is 0 Å². The van der Waals surface area contributed by atoms with E-state index in [1.807, 2.05) is 0 Å². The molecule has 0 aliphatic carbocycles. The van der Waals surface area contributed by atoms with Gasteiger partial charge in [0.1, 0.15) is 16.8 Å². The van der Waals surface area contributed by atoms with Crippen LogP contribution < -0.4 is 5.32 Å².